The maximum atomic E-state index is 13.2. The summed E-state index contributed by atoms with van der Waals surface area (Å²) in [4.78, 5) is 49.9. The van der Waals surface area contributed by atoms with Gasteiger partial charge >= 0.3 is 23.9 Å². The van der Waals surface area contributed by atoms with Crippen molar-refractivity contribution in [3.05, 3.63) is 11.1 Å². The van der Waals surface area contributed by atoms with Crippen molar-refractivity contribution in [2.24, 2.45) is 50.7 Å². The Morgan fingerprint density at radius 2 is 1.45 bits per heavy atom. The molecule has 4 aliphatic rings. The number of ether oxygens (including phenoxy) is 2. The van der Waals surface area contributed by atoms with Gasteiger partial charge in [0.25, 0.3) is 0 Å². The zero-order valence-corrected chi connectivity index (χ0v) is 27.1. The number of hydrogen-bond acceptors (Lipinski definition) is 6. The number of carbonyl (C=O) groups is 4. The first-order valence-corrected chi connectivity index (χ1v) is 15.8. The lowest BCUT2D eigenvalue weighted by Crippen LogP contribution is -2.66. The van der Waals surface area contributed by atoms with Crippen LogP contribution in [0, 0.1) is 50.7 Å². The number of carbonyl (C=O) groups excluding carboxylic acids is 2. The van der Waals surface area contributed by atoms with E-state index in [2.05, 4.69) is 34.6 Å². The highest BCUT2D eigenvalue weighted by Gasteiger charge is 2.70. The molecular weight excluding hydrogens is 536 g/mol. The first kappa shape index (κ1) is 32.5. The SMILES string of the molecule is CC(=O)OC[C@@]1(C(=O)O)CC[C@]2(C)[C@H](CC[C@@H]3[C@@]4(C)CCC(OC(C)=O)C(C)(C)[C@@H]4CC[C@]32C)C1=C(C(=O)O)C(C)C. The van der Waals surface area contributed by atoms with Crippen molar-refractivity contribution < 1.29 is 38.9 Å². The Hall–Kier alpha value is -2.38. The van der Waals surface area contributed by atoms with E-state index in [-0.39, 0.29) is 58.3 Å². The number of carboxylic acid groups (broad SMARTS) is 2. The highest BCUT2D eigenvalue weighted by molar-refractivity contribution is 5.91. The smallest absolute Gasteiger partial charge is 0.331 e. The number of fused-ring (bicyclic) bond motifs is 5. The van der Waals surface area contributed by atoms with Crippen LogP contribution in [0.15, 0.2) is 11.1 Å². The summed E-state index contributed by atoms with van der Waals surface area (Å²) in [5, 5.41) is 21.2. The number of carboxylic acids is 2. The molecule has 0 aliphatic heterocycles. The minimum Gasteiger partial charge on any atom is -0.480 e. The van der Waals surface area contributed by atoms with E-state index in [9.17, 15) is 29.4 Å². The second-order valence-corrected chi connectivity index (χ2v) is 15.5. The number of rotatable bonds is 6. The molecule has 4 saturated carbocycles. The Morgan fingerprint density at radius 1 is 0.810 bits per heavy atom. The van der Waals surface area contributed by atoms with Crippen molar-refractivity contribution in [1.82, 2.24) is 0 Å². The normalized spacial score (nSPS) is 42.0. The van der Waals surface area contributed by atoms with Gasteiger partial charge in [0.2, 0.25) is 0 Å². The zero-order chi connectivity index (χ0) is 31.6. The minimum atomic E-state index is -1.57. The van der Waals surface area contributed by atoms with Crippen molar-refractivity contribution in [3.63, 3.8) is 0 Å². The maximum Gasteiger partial charge on any atom is 0.331 e. The van der Waals surface area contributed by atoms with Gasteiger partial charge in [0, 0.05) is 24.8 Å². The van der Waals surface area contributed by atoms with Crippen LogP contribution < -0.4 is 0 Å². The lowest BCUT2D eigenvalue weighted by atomic mass is 9.32. The van der Waals surface area contributed by atoms with Crippen LogP contribution in [0.25, 0.3) is 0 Å². The van der Waals surface area contributed by atoms with Gasteiger partial charge in [-0.3, -0.25) is 14.4 Å². The molecule has 8 nitrogen and oxygen atoms in total. The first-order valence-electron chi connectivity index (χ1n) is 15.8. The van der Waals surface area contributed by atoms with Crippen LogP contribution in [0.3, 0.4) is 0 Å². The van der Waals surface area contributed by atoms with Crippen LogP contribution in [-0.4, -0.2) is 46.8 Å². The third kappa shape index (κ3) is 4.61. The highest BCUT2D eigenvalue weighted by atomic mass is 16.5. The Morgan fingerprint density at radius 3 is 1.98 bits per heavy atom. The van der Waals surface area contributed by atoms with Gasteiger partial charge in [-0.2, -0.15) is 0 Å². The lowest BCUT2D eigenvalue weighted by Gasteiger charge is -2.72. The van der Waals surface area contributed by atoms with Crippen LogP contribution in [0.5, 0.6) is 0 Å². The molecule has 0 spiro atoms. The highest BCUT2D eigenvalue weighted by Crippen LogP contribution is 2.76. The van der Waals surface area contributed by atoms with Gasteiger partial charge in [-0.1, -0.05) is 48.5 Å². The van der Waals surface area contributed by atoms with E-state index in [1.165, 1.54) is 13.8 Å². The van der Waals surface area contributed by atoms with Gasteiger partial charge in [0.1, 0.15) is 18.1 Å². The molecule has 0 aromatic rings. The molecule has 0 aromatic carbocycles. The van der Waals surface area contributed by atoms with E-state index < -0.39 is 29.2 Å². The topological polar surface area (TPSA) is 127 Å². The fraction of sp³-hybridized carbons (Fsp3) is 0.824. The average Bonchev–Trinajstić information content (AvgIpc) is 2.85. The second kappa shape index (κ2) is 10.7. The van der Waals surface area contributed by atoms with Crippen LogP contribution in [-0.2, 0) is 28.7 Å². The van der Waals surface area contributed by atoms with E-state index in [0.29, 0.717) is 30.3 Å². The lowest BCUT2D eigenvalue weighted by molar-refractivity contribution is -0.234. The quantitative estimate of drug-likeness (QED) is 0.261. The molecule has 0 heterocycles. The van der Waals surface area contributed by atoms with Crippen LogP contribution in [0.1, 0.15) is 114 Å². The molecule has 0 radical (unpaired) electrons. The van der Waals surface area contributed by atoms with Gasteiger partial charge in [0.05, 0.1) is 0 Å². The predicted octanol–water partition coefficient (Wildman–Crippen LogP) is 6.66. The molecule has 0 saturated heterocycles. The standard InChI is InChI=1S/C34H52O8/c1-19(2)26(28(37)38)27-22-10-11-24-31(7)14-13-25(42-21(4)36)30(5,6)23(31)12-15-33(24,9)32(22,8)16-17-34(27,29(39)40)18-41-20(3)35/h19,22-25H,10-18H2,1-9H3,(H,37,38)(H,39,40)/t22-,23+,24-,25?,31+,32-,33-,34+/m1/s1. The Kier molecular flexibility index (Phi) is 8.25. The van der Waals surface area contributed by atoms with Gasteiger partial charge in [-0.25, -0.2) is 4.79 Å². The van der Waals surface area contributed by atoms with E-state index in [1.54, 1.807) is 0 Å². The minimum absolute atomic E-state index is 0.0117. The number of aliphatic carboxylic acids is 2. The molecule has 2 N–H and O–H groups in total. The molecule has 4 aliphatic carbocycles. The summed E-state index contributed by atoms with van der Waals surface area (Å²) in [6.07, 6.45) is 5.99. The molecule has 0 amide bonds. The third-order valence-electron chi connectivity index (χ3n) is 13.1. The summed E-state index contributed by atoms with van der Waals surface area (Å²) in [5.74, 6) is -2.93. The molecule has 8 heteroatoms. The molecular formula is C34H52O8. The Balaban J connectivity index is 1.84. The summed E-state index contributed by atoms with van der Waals surface area (Å²) in [6.45, 7) is 17.6. The summed E-state index contributed by atoms with van der Waals surface area (Å²) in [6, 6.07) is 0. The molecule has 1 unspecified atom stereocenters. The van der Waals surface area contributed by atoms with Gasteiger partial charge < -0.3 is 19.7 Å². The third-order valence-corrected chi connectivity index (χ3v) is 13.1. The van der Waals surface area contributed by atoms with Crippen LogP contribution >= 0.6 is 0 Å². The Bertz CT molecular complexity index is 1180. The molecule has 0 aromatic heterocycles. The van der Waals surface area contributed by atoms with Crippen molar-refractivity contribution in [2.75, 3.05) is 6.61 Å². The van der Waals surface area contributed by atoms with E-state index in [0.717, 1.165) is 32.1 Å². The van der Waals surface area contributed by atoms with E-state index in [1.807, 2.05) is 13.8 Å². The maximum absolute atomic E-state index is 13.2. The number of hydrogen-bond donors (Lipinski definition) is 2. The van der Waals surface area contributed by atoms with Crippen LogP contribution in [0.2, 0.25) is 0 Å². The van der Waals surface area contributed by atoms with E-state index >= 15 is 0 Å². The largest absolute Gasteiger partial charge is 0.480 e. The summed E-state index contributed by atoms with van der Waals surface area (Å²) < 4.78 is 11.2. The predicted molar refractivity (Wildman–Crippen MR) is 157 cm³/mol. The zero-order valence-electron chi connectivity index (χ0n) is 27.1. The number of esters is 2. The summed E-state index contributed by atoms with van der Waals surface area (Å²) in [7, 11) is 0. The van der Waals surface area contributed by atoms with Crippen LogP contribution in [0.4, 0.5) is 0 Å². The Labute approximate surface area is 251 Å². The van der Waals surface area contributed by atoms with E-state index in [4.69, 9.17) is 9.47 Å². The monoisotopic (exact) mass is 588 g/mol. The first-order chi connectivity index (χ1) is 19.3. The average molecular weight is 589 g/mol. The fourth-order valence-corrected chi connectivity index (χ4v) is 11.0. The second-order valence-electron chi connectivity index (χ2n) is 15.5. The molecule has 4 fully saturated rings. The van der Waals surface area contributed by atoms with Gasteiger partial charge in [-0.15, -0.1) is 0 Å². The van der Waals surface area contributed by atoms with Gasteiger partial charge in [0.15, 0.2) is 0 Å². The van der Waals surface area contributed by atoms with Crippen molar-refractivity contribution in [3.8, 4) is 0 Å². The molecule has 4 rings (SSSR count). The van der Waals surface area contributed by atoms with Crippen molar-refractivity contribution >= 4 is 23.9 Å². The van der Waals surface area contributed by atoms with Gasteiger partial charge in [-0.05, 0) is 96.9 Å². The molecule has 236 valence electrons. The molecule has 42 heavy (non-hydrogen) atoms. The summed E-state index contributed by atoms with van der Waals surface area (Å²) >= 11 is 0. The van der Waals surface area contributed by atoms with Crippen molar-refractivity contribution in [2.45, 2.75) is 120 Å². The molecule has 8 atom stereocenters. The fourth-order valence-electron chi connectivity index (χ4n) is 11.0. The summed E-state index contributed by atoms with van der Waals surface area (Å²) in [5.41, 5.74) is -1.58. The molecule has 0 bridgehead atoms. The van der Waals surface area contributed by atoms with Crippen molar-refractivity contribution in [1.29, 1.82) is 0 Å².